The van der Waals surface area contributed by atoms with Crippen molar-refractivity contribution in [1.82, 2.24) is 29.4 Å². The van der Waals surface area contributed by atoms with Gasteiger partial charge in [-0.2, -0.15) is 10.2 Å². The van der Waals surface area contributed by atoms with Gasteiger partial charge in [-0.3, -0.25) is 23.9 Å². The fourth-order valence-corrected chi connectivity index (χ4v) is 4.21. The van der Waals surface area contributed by atoms with Crippen LogP contribution in [0.4, 0.5) is 14.5 Å². The van der Waals surface area contributed by atoms with Crippen molar-refractivity contribution >= 4 is 17.5 Å². The van der Waals surface area contributed by atoms with E-state index in [9.17, 15) is 18.4 Å². The van der Waals surface area contributed by atoms with Gasteiger partial charge in [-0.25, -0.2) is 8.78 Å². The van der Waals surface area contributed by atoms with E-state index in [-0.39, 0.29) is 18.0 Å². The highest BCUT2D eigenvalue weighted by atomic mass is 19.3. The molecule has 0 aromatic carbocycles. The summed E-state index contributed by atoms with van der Waals surface area (Å²) in [7, 11) is 5.16. The number of carbonyl (C=O) groups is 2. The second kappa shape index (κ2) is 6.90. The lowest BCUT2D eigenvalue weighted by Gasteiger charge is -2.46. The number of hydrogen-bond donors (Lipinski definition) is 0. The summed E-state index contributed by atoms with van der Waals surface area (Å²) in [5, 5.41) is 7.87. The molecule has 9 nitrogen and oxygen atoms in total. The van der Waals surface area contributed by atoms with Crippen molar-refractivity contribution in [3.8, 4) is 0 Å². The number of amides is 2. The molecule has 0 bridgehead atoms. The smallest absolute Gasteiger partial charge is 0.282 e. The van der Waals surface area contributed by atoms with Crippen LogP contribution in [0.15, 0.2) is 18.6 Å². The van der Waals surface area contributed by atoms with Crippen LogP contribution in [0, 0.1) is 0 Å². The third-order valence-corrected chi connectivity index (χ3v) is 5.85. The van der Waals surface area contributed by atoms with Crippen molar-refractivity contribution in [1.29, 1.82) is 0 Å². The number of anilines is 1. The Balaban J connectivity index is 1.57. The van der Waals surface area contributed by atoms with E-state index in [1.54, 1.807) is 33.9 Å². The summed E-state index contributed by atoms with van der Waals surface area (Å²) in [6.45, 7) is 1.40. The largest absolute Gasteiger partial charge is 0.337 e. The molecule has 2 fully saturated rings. The first-order valence-corrected chi connectivity index (χ1v) is 9.31. The predicted molar refractivity (Wildman–Crippen MR) is 99.6 cm³/mol. The summed E-state index contributed by atoms with van der Waals surface area (Å²) in [4.78, 5) is 30.8. The van der Waals surface area contributed by atoms with Crippen LogP contribution in [0.2, 0.25) is 0 Å². The van der Waals surface area contributed by atoms with E-state index < -0.39 is 23.6 Å². The molecule has 4 heterocycles. The first-order chi connectivity index (χ1) is 13.7. The number of likely N-dealkylation sites (tertiary alicyclic amines) is 1. The molecule has 2 aliphatic heterocycles. The SMILES string of the molecule is CN1CC(=O)N(c2cnn(C)c2)C[C@]12CCN(C(=O)c1cn(C)nc1C(F)F)C2. The van der Waals surface area contributed by atoms with Gasteiger partial charge in [0.1, 0.15) is 5.69 Å². The predicted octanol–water partition coefficient (Wildman–Crippen LogP) is 0.655. The average Bonchev–Trinajstić information content (AvgIpc) is 3.37. The molecule has 29 heavy (non-hydrogen) atoms. The van der Waals surface area contributed by atoms with Crippen LogP contribution in [0.25, 0.3) is 0 Å². The third-order valence-electron chi connectivity index (χ3n) is 5.85. The minimum atomic E-state index is -2.82. The van der Waals surface area contributed by atoms with Gasteiger partial charge in [0.2, 0.25) is 5.91 Å². The molecule has 1 spiro atoms. The zero-order valence-electron chi connectivity index (χ0n) is 16.5. The quantitative estimate of drug-likeness (QED) is 0.747. The number of alkyl halides is 2. The molecule has 2 aliphatic rings. The fourth-order valence-electron chi connectivity index (χ4n) is 4.21. The Labute approximate surface area is 166 Å². The van der Waals surface area contributed by atoms with E-state index in [2.05, 4.69) is 10.2 Å². The Bertz CT molecular complexity index is 956. The zero-order chi connectivity index (χ0) is 20.9. The average molecular weight is 407 g/mol. The lowest BCUT2D eigenvalue weighted by molar-refractivity contribution is -0.123. The summed E-state index contributed by atoms with van der Waals surface area (Å²) in [5.41, 5.74) is -0.296. The molecule has 2 amide bonds. The number of nitrogens with zero attached hydrogens (tertiary/aromatic N) is 7. The highest BCUT2D eigenvalue weighted by molar-refractivity contribution is 5.97. The molecule has 0 unspecified atom stereocenters. The van der Waals surface area contributed by atoms with Crippen LogP contribution in [0.1, 0.15) is 28.9 Å². The van der Waals surface area contributed by atoms with Gasteiger partial charge in [-0.05, 0) is 13.5 Å². The summed E-state index contributed by atoms with van der Waals surface area (Å²) < 4.78 is 29.4. The molecule has 11 heteroatoms. The highest BCUT2D eigenvalue weighted by Gasteiger charge is 2.49. The second-order valence-electron chi connectivity index (χ2n) is 7.81. The Hall–Kier alpha value is -2.82. The molecule has 0 radical (unpaired) electrons. The molecule has 0 saturated carbocycles. The molecule has 0 aliphatic carbocycles. The number of aryl methyl sites for hydroxylation is 2. The van der Waals surface area contributed by atoms with E-state index in [0.717, 1.165) is 0 Å². The van der Waals surface area contributed by atoms with Crippen LogP contribution in [0.3, 0.4) is 0 Å². The molecule has 4 rings (SSSR count). The van der Waals surface area contributed by atoms with Gasteiger partial charge in [-0.1, -0.05) is 0 Å². The molecule has 156 valence electrons. The van der Waals surface area contributed by atoms with Gasteiger partial charge in [0.25, 0.3) is 12.3 Å². The summed E-state index contributed by atoms with van der Waals surface area (Å²) in [6.07, 6.45) is 2.58. The van der Waals surface area contributed by atoms with E-state index in [0.29, 0.717) is 31.7 Å². The Morgan fingerprint density at radius 1 is 1.17 bits per heavy atom. The van der Waals surface area contributed by atoms with E-state index in [4.69, 9.17) is 0 Å². The van der Waals surface area contributed by atoms with Crippen molar-refractivity contribution in [2.24, 2.45) is 14.1 Å². The number of piperazine rings is 1. The lowest BCUT2D eigenvalue weighted by Crippen LogP contribution is -2.64. The number of rotatable bonds is 3. The third kappa shape index (κ3) is 3.28. The number of halogens is 2. The van der Waals surface area contributed by atoms with E-state index in [1.807, 2.05) is 11.9 Å². The summed E-state index contributed by atoms with van der Waals surface area (Å²) in [5.74, 6) is -0.494. The fraction of sp³-hybridized carbons (Fsp3) is 0.556. The Morgan fingerprint density at radius 3 is 2.59 bits per heavy atom. The summed E-state index contributed by atoms with van der Waals surface area (Å²) in [6, 6.07) is 0. The maximum Gasteiger partial charge on any atom is 0.282 e. The zero-order valence-corrected chi connectivity index (χ0v) is 16.5. The Kier molecular flexibility index (Phi) is 4.64. The van der Waals surface area contributed by atoms with Gasteiger partial charge in [-0.15, -0.1) is 0 Å². The van der Waals surface area contributed by atoms with Crippen molar-refractivity contribution in [3.05, 3.63) is 29.8 Å². The molecule has 0 N–H and O–H groups in total. The normalized spacial score (nSPS) is 23.0. The molecular formula is C18H23F2N7O2. The second-order valence-corrected chi connectivity index (χ2v) is 7.81. The van der Waals surface area contributed by atoms with Crippen LogP contribution in [0.5, 0.6) is 0 Å². The molecule has 2 saturated heterocycles. The van der Waals surface area contributed by atoms with Crippen LogP contribution < -0.4 is 4.90 Å². The molecular weight excluding hydrogens is 384 g/mol. The number of likely N-dealkylation sites (N-methyl/N-ethyl adjacent to an activating group) is 1. The van der Waals surface area contributed by atoms with E-state index >= 15 is 0 Å². The topological polar surface area (TPSA) is 79.5 Å². The maximum absolute atomic E-state index is 13.3. The minimum absolute atomic E-state index is 0.0388. The number of carbonyl (C=O) groups excluding carboxylic acids is 2. The number of aromatic nitrogens is 4. The molecule has 2 aromatic rings. The van der Waals surface area contributed by atoms with Crippen molar-refractivity contribution in [3.63, 3.8) is 0 Å². The van der Waals surface area contributed by atoms with Crippen molar-refractivity contribution in [2.75, 3.05) is 38.1 Å². The monoisotopic (exact) mass is 407 g/mol. The lowest BCUT2D eigenvalue weighted by atomic mass is 9.93. The van der Waals surface area contributed by atoms with Crippen LogP contribution in [-0.2, 0) is 18.9 Å². The summed E-state index contributed by atoms with van der Waals surface area (Å²) >= 11 is 0. The molecule has 2 aromatic heterocycles. The Morgan fingerprint density at radius 2 is 1.93 bits per heavy atom. The first-order valence-electron chi connectivity index (χ1n) is 9.31. The van der Waals surface area contributed by atoms with Gasteiger partial charge in [0.05, 0.1) is 29.5 Å². The van der Waals surface area contributed by atoms with Crippen LogP contribution >= 0.6 is 0 Å². The van der Waals surface area contributed by atoms with Crippen molar-refractivity contribution in [2.45, 2.75) is 18.4 Å². The molecule has 1 atom stereocenters. The highest BCUT2D eigenvalue weighted by Crippen LogP contribution is 2.34. The van der Waals surface area contributed by atoms with Gasteiger partial charge in [0, 0.05) is 46.1 Å². The van der Waals surface area contributed by atoms with Gasteiger partial charge < -0.3 is 9.80 Å². The maximum atomic E-state index is 13.3. The van der Waals surface area contributed by atoms with Gasteiger partial charge in [0.15, 0.2) is 0 Å². The van der Waals surface area contributed by atoms with E-state index in [1.165, 1.54) is 17.9 Å². The first kappa shape index (κ1) is 19.5. The van der Waals surface area contributed by atoms with Crippen molar-refractivity contribution < 1.29 is 18.4 Å². The standard InChI is InChI=1S/C18H23F2N7O2/c1-23-9-14(28)27(12-6-21-24(2)7-12)11-18(23)4-5-26(10-18)17(29)13-8-25(3)22-15(13)16(19)20/h6-8,16H,4-5,9-11H2,1-3H3/t18-/m1/s1. The minimum Gasteiger partial charge on any atom is -0.337 e. The number of hydrogen-bond acceptors (Lipinski definition) is 5. The van der Waals surface area contributed by atoms with Gasteiger partial charge >= 0.3 is 0 Å². The van der Waals surface area contributed by atoms with Crippen LogP contribution in [-0.4, -0.2) is 79.9 Å².